The molecule has 122 valence electrons. The Bertz CT molecular complexity index is 865. The Morgan fingerprint density at radius 2 is 1.70 bits per heavy atom. The quantitative estimate of drug-likeness (QED) is 0.561. The van der Waals surface area contributed by atoms with Crippen molar-refractivity contribution >= 4 is 16.6 Å². The van der Waals surface area contributed by atoms with E-state index >= 15 is 0 Å². The van der Waals surface area contributed by atoms with Crippen LogP contribution in [-0.4, -0.2) is 41.8 Å². The van der Waals surface area contributed by atoms with Crippen molar-refractivity contribution in [3.8, 4) is 0 Å². The summed E-state index contributed by atoms with van der Waals surface area (Å²) in [6, 6.07) is 11.9. The summed E-state index contributed by atoms with van der Waals surface area (Å²) in [7, 11) is 0. The van der Waals surface area contributed by atoms with Crippen molar-refractivity contribution in [1.82, 2.24) is 8.97 Å². The Morgan fingerprint density at radius 1 is 1.00 bits per heavy atom. The average molecular weight is 334 g/mol. The Labute approximate surface area is 140 Å². The molecular weight excluding hydrogens is 314 g/mol. The molecule has 3 heterocycles. The summed E-state index contributed by atoms with van der Waals surface area (Å²) in [6.45, 7) is 5.41. The lowest BCUT2D eigenvalue weighted by Crippen LogP contribution is -3.14. The third kappa shape index (κ3) is 2.87. The lowest BCUT2D eigenvalue weighted by Gasteiger charge is -2.24. The molecule has 1 fully saturated rings. The molecule has 1 saturated heterocycles. The zero-order chi connectivity index (χ0) is 14.9. The number of nitrogens with one attached hydrogen (secondary N) is 1. The van der Waals surface area contributed by atoms with Gasteiger partial charge in [-0.15, -0.1) is 0 Å². The second kappa shape index (κ2) is 6.74. The van der Waals surface area contributed by atoms with Gasteiger partial charge in [0.05, 0.1) is 37.3 Å². The van der Waals surface area contributed by atoms with Gasteiger partial charge in [-0.05, 0) is 24.3 Å². The summed E-state index contributed by atoms with van der Waals surface area (Å²) in [4.78, 5) is 14.3. The molecule has 23 heavy (non-hydrogen) atoms. The van der Waals surface area contributed by atoms with Crippen LogP contribution in [-0.2, 0) is 11.3 Å². The Hall–Kier alpha value is -1.82. The largest absolute Gasteiger partial charge is 1.00 e. The number of morpholine rings is 1. The highest BCUT2D eigenvalue weighted by atomic mass is 35.5. The minimum atomic E-state index is 0. The van der Waals surface area contributed by atoms with E-state index in [9.17, 15) is 4.79 Å². The van der Waals surface area contributed by atoms with Crippen molar-refractivity contribution in [2.75, 3.05) is 32.8 Å². The minimum absolute atomic E-state index is 0. The highest BCUT2D eigenvalue weighted by molar-refractivity contribution is 5.78. The van der Waals surface area contributed by atoms with E-state index in [1.165, 1.54) is 4.90 Å². The number of para-hydroxylation sites is 2. The number of fused-ring (bicyclic) bond motifs is 3. The molecule has 1 N–H and O–H groups in total. The monoisotopic (exact) mass is 333 g/mol. The van der Waals surface area contributed by atoms with E-state index in [1.54, 1.807) is 0 Å². The first-order valence-electron chi connectivity index (χ1n) is 7.84. The normalized spacial score (nSPS) is 15.8. The lowest BCUT2D eigenvalue weighted by atomic mass is 10.2. The van der Waals surface area contributed by atoms with Gasteiger partial charge in [-0.2, -0.15) is 0 Å². The van der Waals surface area contributed by atoms with Gasteiger partial charge in [0.15, 0.2) is 0 Å². The zero-order valence-corrected chi connectivity index (χ0v) is 13.6. The molecule has 0 amide bonds. The van der Waals surface area contributed by atoms with Crippen molar-refractivity contribution in [3.63, 3.8) is 0 Å². The van der Waals surface area contributed by atoms with E-state index in [0.29, 0.717) is 0 Å². The van der Waals surface area contributed by atoms with Crippen LogP contribution in [0, 0.1) is 0 Å². The summed E-state index contributed by atoms with van der Waals surface area (Å²) in [5, 5.41) is 0. The number of quaternary nitrogens is 1. The van der Waals surface area contributed by atoms with Gasteiger partial charge in [-0.3, -0.25) is 9.36 Å². The standard InChI is InChI=1S/C17H19N3O2.ClH/c21-17-16-6-3-7-19(16)14-4-1-2-5-15(14)20(17)9-8-18-10-12-22-13-11-18;/h1-7H,8-13H2;1H. The molecule has 0 bridgehead atoms. The first-order chi connectivity index (χ1) is 10.8. The topological polar surface area (TPSA) is 40.1 Å². The molecule has 1 aliphatic rings. The fraction of sp³-hybridized carbons (Fsp3) is 0.353. The second-order valence-electron chi connectivity index (χ2n) is 5.82. The van der Waals surface area contributed by atoms with Crippen molar-refractivity contribution in [3.05, 3.63) is 52.9 Å². The number of benzene rings is 1. The molecule has 0 unspecified atom stereocenters. The molecule has 1 aliphatic heterocycles. The Morgan fingerprint density at radius 3 is 2.48 bits per heavy atom. The molecular formula is C17H20ClN3O2. The minimum Gasteiger partial charge on any atom is -1.00 e. The summed E-state index contributed by atoms with van der Waals surface area (Å²) in [5.74, 6) is 0. The molecule has 0 saturated carbocycles. The van der Waals surface area contributed by atoms with Gasteiger partial charge in [0.25, 0.3) is 5.56 Å². The molecule has 3 aromatic rings. The van der Waals surface area contributed by atoms with E-state index in [2.05, 4.69) is 6.07 Å². The Kier molecular flexibility index (Phi) is 4.71. The maximum Gasteiger partial charge on any atom is 0.275 e. The van der Waals surface area contributed by atoms with Gasteiger partial charge in [0.1, 0.15) is 18.6 Å². The predicted octanol–water partition coefficient (Wildman–Crippen LogP) is -2.83. The number of rotatable bonds is 3. The highest BCUT2D eigenvalue weighted by Gasteiger charge is 2.15. The van der Waals surface area contributed by atoms with Crippen LogP contribution < -0.4 is 22.9 Å². The van der Waals surface area contributed by atoms with Crippen LogP contribution in [0.1, 0.15) is 0 Å². The van der Waals surface area contributed by atoms with E-state index < -0.39 is 0 Å². The van der Waals surface area contributed by atoms with Crippen LogP contribution in [0.25, 0.3) is 16.6 Å². The number of aromatic nitrogens is 2. The first kappa shape index (κ1) is 16.1. The summed E-state index contributed by atoms with van der Waals surface area (Å²) >= 11 is 0. The molecule has 4 rings (SSSR count). The van der Waals surface area contributed by atoms with Gasteiger partial charge in [0.2, 0.25) is 0 Å². The van der Waals surface area contributed by atoms with Crippen molar-refractivity contribution in [2.45, 2.75) is 6.54 Å². The van der Waals surface area contributed by atoms with Gasteiger partial charge >= 0.3 is 0 Å². The molecule has 2 aromatic heterocycles. The molecule has 0 aliphatic carbocycles. The first-order valence-corrected chi connectivity index (χ1v) is 7.84. The number of hydrogen-bond donors (Lipinski definition) is 1. The fourth-order valence-corrected chi connectivity index (χ4v) is 3.31. The van der Waals surface area contributed by atoms with E-state index in [1.807, 2.05) is 45.5 Å². The number of hydrogen-bond acceptors (Lipinski definition) is 2. The van der Waals surface area contributed by atoms with Crippen LogP contribution >= 0.6 is 0 Å². The Balaban J connectivity index is 0.00000156. The van der Waals surface area contributed by atoms with Crippen LogP contribution in [0.2, 0.25) is 0 Å². The zero-order valence-electron chi connectivity index (χ0n) is 12.9. The van der Waals surface area contributed by atoms with E-state index in [0.717, 1.165) is 55.9 Å². The highest BCUT2D eigenvalue weighted by Crippen LogP contribution is 2.14. The number of ether oxygens (including phenoxy) is 1. The van der Waals surface area contributed by atoms with Gasteiger partial charge in [-0.1, -0.05) is 12.1 Å². The van der Waals surface area contributed by atoms with Gasteiger partial charge < -0.3 is 26.4 Å². The third-order valence-corrected chi connectivity index (χ3v) is 4.53. The van der Waals surface area contributed by atoms with Crippen LogP contribution in [0.4, 0.5) is 0 Å². The summed E-state index contributed by atoms with van der Waals surface area (Å²) in [5.41, 5.74) is 2.93. The number of halogens is 1. The van der Waals surface area contributed by atoms with Crippen LogP contribution in [0.3, 0.4) is 0 Å². The summed E-state index contributed by atoms with van der Waals surface area (Å²) < 4.78 is 9.31. The van der Waals surface area contributed by atoms with Crippen molar-refractivity contribution < 1.29 is 22.0 Å². The predicted molar refractivity (Wildman–Crippen MR) is 85.5 cm³/mol. The second-order valence-corrected chi connectivity index (χ2v) is 5.82. The van der Waals surface area contributed by atoms with Gasteiger partial charge in [-0.25, -0.2) is 0 Å². The average Bonchev–Trinajstić information content (AvgIpc) is 3.06. The summed E-state index contributed by atoms with van der Waals surface area (Å²) in [6.07, 6.45) is 1.95. The third-order valence-electron chi connectivity index (χ3n) is 4.53. The molecule has 0 radical (unpaired) electrons. The smallest absolute Gasteiger partial charge is 0.275 e. The van der Waals surface area contributed by atoms with E-state index in [4.69, 9.17) is 4.74 Å². The number of nitrogens with zero attached hydrogens (tertiary/aromatic N) is 2. The maximum atomic E-state index is 12.8. The van der Waals surface area contributed by atoms with Crippen molar-refractivity contribution in [2.24, 2.45) is 0 Å². The molecule has 0 spiro atoms. The van der Waals surface area contributed by atoms with Crippen LogP contribution in [0.15, 0.2) is 47.4 Å². The molecule has 6 heteroatoms. The fourth-order valence-electron chi connectivity index (χ4n) is 3.31. The lowest BCUT2D eigenvalue weighted by molar-refractivity contribution is -0.908. The molecule has 0 atom stereocenters. The van der Waals surface area contributed by atoms with Crippen LogP contribution in [0.5, 0.6) is 0 Å². The van der Waals surface area contributed by atoms with E-state index in [-0.39, 0.29) is 18.0 Å². The van der Waals surface area contributed by atoms with Gasteiger partial charge in [0, 0.05) is 6.20 Å². The molecule has 1 aromatic carbocycles. The SMILES string of the molecule is O=c1c2cccn2c2ccccc2n1CC[NH+]1CCOCC1.[Cl-]. The molecule has 5 nitrogen and oxygen atoms in total. The maximum absolute atomic E-state index is 12.8. The van der Waals surface area contributed by atoms with Crippen molar-refractivity contribution in [1.29, 1.82) is 0 Å².